The quantitative estimate of drug-likeness (QED) is 0.496. The monoisotopic (exact) mass is 398 g/mol. The third-order valence-corrected chi connectivity index (χ3v) is 5.95. The summed E-state index contributed by atoms with van der Waals surface area (Å²) in [5.74, 6) is -1.63. The first-order valence-corrected chi connectivity index (χ1v) is 11.7. The van der Waals surface area contributed by atoms with Crippen LogP contribution < -0.4 is 10.1 Å². The first kappa shape index (κ1) is 19.3. The zero-order valence-corrected chi connectivity index (χ0v) is 16.2. The maximum Gasteiger partial charge on any atom is 0.425 e. The zero-order chi connectivity index (χ0) is 20.0. The molecule has 0 saturated heterocycles. The van der Waals surface area contributed by atoms with Crippen molar-refractivity contribution >= 4 is 18.9 Å². The normalized spacial score (nSPS) is 13.8. The van der Waals surface area contributed by atoms with Gasteiger partial charge < -0.3 is 4.74 Å². The molecule has 3 aromatic rings. The topological polar surface area (TPSA) is 52.3 Å². The number of halogens is 4. The van der Waals surface area contributed by atoms with Crippen LogP contribution in [0.15, 0.2) is 30.6 Å². The molecule has 0 amide bonds. The van der Waals surface area contributed by atoms with Crippen molar-refractivity contribution in [2.24, 2.45) is 0 Å². The van der Waals surface area contributed by atoms with E-state index in [1.807, 2.05) is 6.07 Å². The van der Waals surface area contributed by atoms with E-state index in [0.717, 1.165) is 23.8 Å². The number of nitrogens with zero attached hydrogens (tertiary/aromatic N) is 4. The molecule has 5 nitrogen and oxygen atoms in total. The highest BCUT2D eigenvalue weighted by Gasteiger charge is 2.38. The van der Waals surface area contributed by atoms with Gasteiger partial charge in [0, 0.05) is 17.1 Å². The molecule has 0 aromatic carbocycles. The summed E-state index contributed by atoms with van der Waals surface area (Å²) in [6, 6.07) is 4.79. The van der Waals surface area contributed by atoms with E-state index in [0.29, 0.717) is 11.1 Å². The van der Waals surface area contributed by atoms with Crippen LogP contribution in [0, 0.1) is 5.82 Å². The zero-order valence-electron chi connectivity index (χ0n) is 15.2. The standard InChI is InChI=1S/C17H18F4N4OSi/c1-10(17(19,20)21)26-16-14(18)6-12(8-22-16)11-5-13-9-23-24-25(13)15(7-11)27(2,3)4/h5-10H,1-4H3/t10-/m0/s1. The number of hydrogen-bond donors (Lipinski definition) is 0. The number of pyridine rings is 2. The molecular weight excluding hydrogens is 380 g/mol. The van der Waals surface area contributed by atoms with E-state index in [9.17, 15) is 17.6 Å². The number of fused-ring (bicyclic) bond motifs is 1. The molecule has 0 spiro atoms. The van der Waals surface area contributed by atoms with E-state index in [1.54, 1.807) is 16.8 Å². The molecule has 0 aliphatic rings. The fourth-order valence-corrected chi connectivity index (χ4v) is 3.94. The number of rotatable bonds is 4. The summed E-state index contributed by atoms with van der Waals surface area (Å²) in [6.07, 6.45) is -3.86. The lowest BCUT2D eigenvalue weighted by molar-refractivity contribution is -0.190. The van der Waals surface area contributed by atoms with E-state index < -0.39 is 32.1 Å². The Morgan fingerprint density at radius 2 is 1.78 bits per heavy atom. The van der Waals surface area contributed by atoms with E-state index >= 15 is 0 Å². The highest BCUT2D eigenvalue weighted by Crippen LogP contribution is 2.28. The molecule has 0 N–H and O–H groups in total. The van der Waals surface area contributed by atoms with Crippen LogP contribution in [0.5, 0.6) is 5.88 Å². The molecule has 0 aliphatic carbocycles. The average molecular weight is 398 g/mol. The molecule has 3 rings (SSSR count). The van der Waals surface area contributed by atoms with Crippen molar-refractivity contribution in [3.8, 4) is 17.0 Å². The lowest BCUT2D eigenvalue weighted by Gasteiger charge is -2.19. The van der Waals surface area contributed by atoms with Crippen LogP contribution in [0.25, 0.3) is 16.6 Å². The molecule has 0 saturated carbocycles. The second-order valence-corrected chi connectivity index (χ2v) is 12.3. The number of aromatic nitrogens is 4. The Bertz CT molecular complexity index is 981. The third-order valence-electron chi connectivity index (χ3n) is 4.06. The minimum atomic E-state index is -4.60. The molecule has 27 heavy (non-hydrogen) atoms. The molecule has 0 fully saturated rings. The Labute approximate surface area is 154 Å². The van der Waals surface area contributed by atoms with Gasteiger partial charge in [0.2, 0.25) is 0 Å². The predicted octanol–water partition coefficient (Wildman–Crippen LogP) is 3.81. The SMILES string of the molecule is C[C@H](Oc1ncc(-c2cc([Si](C)(C)C)n3nncc3c2)cc1F)C(F)(F)F. The summed E-state index contributed by atoms with van der Waals surface area (Å²) in [4.78, 5) is 3.74. The van der Waals surface area contributed by atoms with Crippen molar-refractivity contribution in [3.05, 3.63) is 36.4 Å². The lowest BCUT2D eigenvalue weighted by Crippen LogP contribution is -2.42. The second-order valence-electron chi connectivity index (χ2n) is 7.26. The lowest BCUT2D eigenvalue weighted by atomic mass is 10.1. The summed E-state index contributed by atoms with van der Waals surface area (Å²) in [7, 11) is -1.80. The van der Waals surface area contributed by atoms with Gasteiger partial charge in [-0.25, -0.2) is 13.9 Å². The Morgan fingerprint density at radius 3 is 2.37 bits per heavy atom. The number of alkyl halides is 3. The van der Waals surface area contributed by atoms with Gasteiger partial charge >= 0.3 is 6.18 Å². The van der Waals surface area contributed by atoms with Gasteiger partial charge in [0.1, 0.15) is 8.07 Å². The highest BCUT2D eigenvalue weighted by molar-refractivity contribution is 6.88. The van der Waals surface area contributed by atoms with Crippen molar-refractivity contribution in [2.45, 2.75) is 38.8 Å². The van der Waals surface area contributed by atoms with Gasteiger partial charge in [0.05, 0.1) is 11.7 Å². The van der Waals surface area contributed by atoms with E-state index in [1.165, 1.54) is 6.20 Å². The molecule has 0 bridgehead atoms. The third kappa shape index (κ3) is 3.94. The average Bonchev–Trinajstić information content (AvgIpc) is 3.02. The first-order valence-electron chi connectivity index (χ1n) is 8.21. The Balaban J connectivity index is 2.01. The van der Waals surface area contributed by atoms with Gasteiger partial charge in [-0.3, -0.25) is 0 Å². The van der Waals surface area contributed by atoms with Gasteiger partial charge in [0.15, 0.2) is 11.9 Å². The van der Waals surface area contributed by atoms with Crippen LogP contribution in [0.4, 0.5) is 17.6 Å². The van der Waals surface area contributed by atoms with Gasteiger partial charge in [-0.15, -0.1) is 5.10 Å². The summed E-state index contributed by atoms with van der Waals surface area (Å²) in [5, 5.41) is 8.99. The maximum absolute atomic E-state index is 14.3. The largest absolute Gasteiger partial charge is 0.463 e. The van der Waals surface area contributed by atoms with Crippen molar-refractivity contribution in [1.82, 2.24) is 19.8 Å². The van der Waals surface area contributed by atoms with Crippen molar-refractivity contribution < 1.29 is 22.3 Å². The number of ether oxygens (including phenoxy) is 1. The van der Waals surface area contributed by atoms with E-state index in [-0.39, 0.29) is 0 Å². The van der Waals surface area contributed by atoms with Crippen molar-refractivity contribution in [3.63, 3.8) is 0 Å². The molecule has 0 aliphatic heterocycles. The van der Waals surface area contributed by atoms with Gasteiger partial charge in [-0.05, 0) is 30.7 Å². The second kappa shape index (κ2) is 6.59. The minimum absolute atomic E-state index is 0.433. The molecular formula is C17H18F4N4OSi. The Kier molecular flexibility index (Phi) is 4.70. The first-order chi connectivity index (χ1) is 12.5. The Hall–Kier alpha value is -2.49. The summed E-state index contributed by atoms with van der Waals surface area (Å²) in [6.45, 7) is 7.22. The van der Waals surface area contributed by atoms with E-state index in [2.05, 4.69) is 39.7 Å². The molecule has 0 unspecified atom stereocenters. The van der Waals surface area contributed by atoms with Crippen LogP contribution in [0.3, 0.4) is 0 Å². The van der Waals surface area contributed by atoms with Crippen LogP contribution in [-0.4, -0.2) is 40.2 Å². The fourth-order valence-electron chi connectivity index (χ4n) is 2.54. The Morgan fingerprint density at radius 1 is 1.07 bits per heavy atom. The van der Waals surface area contributed by atoms with Crippen LogP contribution in [-0.2, 0) is 0 Å². The smallest absolute Gasteiger partial charge is 0.425 e. The summed E-state index contributed by atoms with van der Waals surface area (Å²) < 4.78 is 58.5. The highest BCUT2D eigenvalue weighted by atomic mass is 28.3. The van der Waals surface area contributed by atoms with Crippen LogP contribution in [0.2, 0.25) is 19.6 Å². The van der Waals surface area contributed by atoms with Crippen molar-refractivity contribution in [1.29, 1.82) is 0 Å². The summed E-state index contributed by atoms with van der Waals surface area (Å²) >= 11 is 0. The molecule has 144 valence electrons. The van der Waals surface area contributed by atoms with Crippen LogP contribution >= 0.6 is 0 Å². The van der Waals surface area contributed by atoms with Crippen LogP contribution in [0.1, 0.15) is 6.92 Å². The minimum Gasteiger partial charge on any atom is -0.463 e. The van der Waals surface area contributed by atoms with E-state index in [4.69, 9.17) is 0 Å². The molecule has 1 atom stereocenters. The molecule has 3 aromatic heterocycles. The van der Waals surface area contributed by atoms with Gasteiger partial charge in [-0.1, -0.05) is 24.9 Å². The summed E-state index contributed by atoms with van der Waals surface area (Å²) in [5.41, 5.74) is 1.86. The number of hydrogen-bond acceptors (Lipinski definition) is 4. The molecule has 0 radical (unpaired) electrons. The molecule has 3 heterocycles. The molecule has 10 heteroatoms. The fraction of sp³-hybridized carbons (Fsp3) is 0.353. The van der Waals surface area contributed by atoms with Crippen molar-refractivity contribution in [2.75, 3.05) is 0 Å². The van der Waals surface area contributed by atoms with Gasteiger partial charge in [-0.2, -0.15) is 13.2 Å². The maximum atomic E-state index is 14.3. The predicted molar refractivity (Wildman–Crippen MR) is 95.3 cm³/mol. The van der Waals surface area contributed by atoms with Gasteiger partial charge in [0.25, 0.3) is 5.88 Å².